The molecule has 0 aliphatic heterocycles. The zero-order valence-electron chi connectivity index (χ0n) is 38.5. The summed E-state index contributed by atoms with van der Waals surface area (Å²) < 4.78 is 2.39. The Bertz CT molecular complexity index is 3970. The average Bonchev–Trinajstić information content (AvgIpc) is 3.78. The van der Waals surface area contributed by atoms with Gasteiger partial charge in [-0.15, -0.1) is 0 Å². The molecule has 12 aromatic carbocycles. The molecular weight excluding hydrogens is 845 g/mol. The Morgan fingerprint density at radius 2 is 0.714 bits per heavy atom. The van der Waals surface area contributed by atoms with Gasteiger partial charge in [-0.2, -0.15) is 0 Å². The minimum absolute atomic E-state index is 1.07. The Balaban J connectivity index is 0.950. The summed E-state index contributed by atoms with van der Waals surface area (Å²) in [6, 6.07) is 102. The van der Waals surface area contributed by atoms with E-state index in [1.54, 1.807) is 0 Å². The second-order valence-electron chi connectivity index (χ2n) is 18.1. The standard InChI is InChI=1S/C68H46N2/c1-3-15-47(16-4-1)48-29-31-49(32-30-48)50-33-39-56(40-34-50)69(57-41-35-51(36-42-57)54-20-13-21-58(45-54)70-66-27-11-9-23-64(66)65-24-10-12-28-67(65)70)68-46-55(38-43-61(68)52-17-5-2-6-18-52)60-25-14-26-62-59-22-8-7-19-53(59)37-44-63(60)62/h1-46H. The molecule has 0 unspecified atom stereocenters. The summed E-state index contributed by atoms with van der Waals surface area (Å²) >= 11 is 0. The predicted molar refractivity (Wildman–Crippen MR) is 298 cm³/mol. The van der Waals surface area contributed by atoms with Gasteiger partial charge >= 0.3 is 0 Å². The van der Waals surface area contributed by atoms with Gasteiger partial charge in [0.1, 0.15) is 0 Å². The van der Waals surface area contributed by atoms with E-state index in [0.29, 0.717) is 0 Å². The molecule has 1 aromatic heterocycles. The van der Waals surface area contributed by atoms with E-state index in [0.717, 1.165) is 50.6 Å². The number of hydrogen-bond donors (Lipinski definition) is 0. The molecule has 1 heterocycles. The number of aromatic nitrogens is 1. The lowest BCUT2D eigenvalue weighted by Crippen LogP contribution is -2.11. The van der Waals surface area contributed by atoms with Crippen molar-refractivity contribution in [1.29, 1.82) is 0 Å². The zero-order chi connectivity index (χ0) is 46.4. The third kappa shape index (κ3) is 7.31. The highest BCUT2D eigenvalue weighted by atomic mass is 15.1. The van der Waals surface area contributed by atoms with Crippen molar-refractivity contribution in [3.05, 3.63) is 279 Å². The molecule has 0 saturated heterocycles. The van der Waals surface area contributed by atoms with Crippen molar-refractivity contribution in [3.8, 4) is 61.3 Å². The van der Waals surface area contributed by atoms with Crippen LogP contribution in [-0.2, 0) is 0 Å². The van der Waals surface area contributed by atoms with E-state index in [9.17, 15) is 0 Å². The summed E-state index contributed by atoms with van der Waals surface area (Å²) in [5.41, 5.74) is 18.6. The summed E-state index contributed by atoms with van der Waals surface area (Å²) in [7, 11) is 0. The summed E-state index contributed by atoms with van der Waals surface area (Å²) in [4.78, 5) is 2.44. The maximum Gasteiger partial charge on any atom is 0.0546 e. The van der Waals surface area contributed by atoms with E-state index in [-0.39, 0.29) is 0 Å². The number of benzene rings is 12. The summed E-state index contributed by atoms with van der Waals surface area (Å²) in [6.45, 7) is 0. The Labute approximate surface area is 408 Å². The first-order chi connectivity index (χ1) is 34.7. The predicted octanol–water partition coefficient (Wildman–Crippen LogP) is 18.9. The molecule has 0 N–H and O–H groups in total. The molecule has 0 saturated carbocycles. The Kier molecular flexibility index (Phi) is 10.2. The molecule has 2 heteroatoms. The lowest BCUT2D eigenvalue weighted by molar-refractivity contribution is 1.18. The molecule has 0 amide bonds. The van der Waals surface area contributed by atoms with E-state index in [1.807, 2.05) is 0 Å². The number of fused-ring (bicyclic) bond motifs is 6. The second-order valence-corrected chi connectivity index (χ2v) is 18.1. The van der Waals surface area contributed by atoms with E-state index < -0.39 is 0 Å². The Morgan fingerprint density at radius 3 is 1.36 bits per heavy atom. The largest absolute Gasteiger partial charge is 0.310 e. The van der Waals surface area contributed by atoms with Gasteiger partial charge in [-0.25, -0.2) is 0 Å². The fourth-order valence-electron chi connectivity index (χ4n) is 10.6. The van der Waals surface area contributed by atoms with Gasteiger partial charge < -0.3 is 9.47 Å². The molecule has 13 rings (SSSR count). The molecule has 328 valence electrons. The second kappa shape index (κ2) is 17.4. The van der Waals surface area contributed by atoms with Gasteiger partial charge in [0.2, 0.25) is 0 Å². The first-order valence-electron chi connectivity index (χ1n) is 24.1. The Hall–Kier alpha value is -9.24. The maximum atomic E-state index is 2.44. The first kappa shape index (κ1) is 41.0. The van der Waals surface area contributed by atoms with E-state index in [4.69, 9.17) is 0 Å². The fourth-order valence-corrected chi connectivity index (χ4v) is 10.6. The molecule has 0 bridgehead atoms. The number of rotatable bonds is 9. The molecule has 0 spiro atoms. The normalized spacial score (nSPS) is 11.4. The molecule has 0 radical (unpaired) electrons. The van der Waals surface area contributed by atoms with Crippen molar-refractivity contribution in [1.82, 2.24) is 4.57 Å². The molecule has 2 nitrogen and oxygen atoms in total. The van der Waals surface area contributed by atoms with Crippen molar-refractivity contribution in [2.75, 3.05) is 4.90 Å². The molecule has 0 fully saturated rings. The SMILES string of the molecule is c1ccc(-c2ccc(-c3ccc(N(c4ccc(-c5cccc(-n6c7ccccc7c7ccccc76)c5)cc4)c4cc(-c5cccc6c5ccc5ccccc56)ccc4-c4ccccc4)cc3)cc2)cc1. The van der Waals surface area contributed by atoms with Crippen LogP contribution in [0.25, 0.3) is 105 Å². The quantitative estimate of drug-likeness (QED) is 0.131. The van der Waals surface area contributed by atoms with Crippen LogP contribution in [0.1, 0.15) is 0 Å². The average molecular weight is 891 g/mol. The van der Waals surface area contributed by atoms with Crippen LogP contribution in [0.2, 0.25) is 0 Å². The summed E-state index contributed by atoms with van der Waals surface area (Å²) in [6.07, 6.45) is 0. The van der Waals surface area contributed by atoms with Gasteiger partial charge in [0.15, 0.2) is 0 Å². The van der Waals surface area contributed by atoms with Crippen LogP contribution in [-0.4, -0.2) is 4.57 Å². The smallest absolute Gasteiger partial charge is 0.0546 e. The zero-order valence-corrected chi connectivity index (χ0v) is 38.5. The van der Waals surface area contributed by atoms with E-state index >= 15 is 0 Å². The van der Waals surface area contributed by atoms with Gasteiger partial charge in [0.05, 0.1) is 16.7 Å². The van der Waals surface area contributed by atoms with Gasteiger partial charge in [-0.3, -0.25) is 0 Å². The van der Waals surface area contributed by atoms with Crippen LogP contribution in [0.4, 0.5) is 17.1 Å². The lowest BCUT2D eigenvalue weighted by atomic mass is 9.92. The Morgan fingerprint density at radius 1 is 0.243 bits per heavy atom. The highest BCUT2D eigenvalue weighted by Gasteiger charge is 2.21. The summed E-state index contributed by atoms with van der Waals surface area (Å²) in [5, 5.41) is 7.52. The van der Waals surface area contributed by atoms with Crippen LogP contribution < -0.4 is 4.90 Å². The fraction of sp³-hybridized carbons (Fsp3) is 0. The number of anilines is 3. The van der Waals surface area contributed by atoms with Gasteiger partial charge in [0.25, 0.3) is 0 Å². The third-order valence-corrected chi connectivity index (χ3v) is 14.0. The minimum Gasteiger partial charge on any atom is -0.310 e. The third-order valence-electron chi connectivity index (χ3n) is 14.0. The highest BCUT2D eigenvalue weighted by molar-refractivity contribution is 6.12. The molecule has 0 aliphatic carbocycles. The van der Waals surface area contributed by atoms with Crippen molar-refractivity contribution >= 4 is 60.4 Å². The molecule has 0 aliphatic rings. The molecule has 13 aromatic rings. The number of para-hydroxylation sites is 2. The number of hydrogen-bond acceptors (Lipinski definition) is 1. The van der Waals surface area contributed by atoms with Crippen molar-refractivity contribution < 1.29 is 0 Å². The lowest BCUT2D eigenvalue weighted by Gasteiger charge is -2.29. The van der Waals surface area contributed by atoms with Crippen LogP contribution in [0.15, 0.2) is 279 Å². The topological polar surface area (TPSA) is 8.17 Å². The van der Waals surface area contributed by atoms with Crippen molar-refractivity contribution in [2.45, 2.75) is 0 Å². The van der Waals surface area contributed by atoms with Gasteiger partial charge in [-0.1, -0.05) is 224 Å². The van der Waals surface area contributed by atoms with Gasteiger partial charge in [-0.05, 0) is 126 Å². The molecule has 70 heavy (non-hydrogen) atoms. The minimum atomic E-state index is 1.07. The first-order valence-corrected chi connectivity index (χ1v) is 24.1. The molecular formula is C68H46N2. The summed E-state index contributed by atoms with van der Waals surface area (Å²) in [5.74, 6) is 0. The van der Waals surface area contributed by atoms with Crippen LogP contribution in [0, 0.1) is 0 Å². The van der Waals surface area contributed by atoms with Crippen LogP contribution in [0.5, 0.6) is 0 Å². The monoisotopic (exact) mass is 890 g/mol. The van der Waals surface area contributed by atoms with E-state index in [1.165, 1.54) is 71.2 Å². The van der Waals surface area contributed by atoms with Crippen LogP contribution >= 0.6 is 0 Å². The highest BCUT2D eigenvalue weighted by Crippen LogP contribution is 2.45. The molecule has 0 atom stereocenters. The number of nitrogens with zero attached hydrogens (tertiary/aromatic N) is 2. The maximum absolute atomic E-state index is 2.44. The van der Waals surface area contributed by atoms with Gasteiger partial charge in [0, 0.05) is 33.4 Å². The van der Waals surface area contributed by atoms with Crippen LogP contribution in [0.3, 0.4) is 0 Å². The van der Waals surface area contributed by atoms with Crippen molar-refractivity contribution in [3.63, 3.8) is 0 Å². The van der Waals surface area contributed by atoms with E-state index in [2.05, 4.69) is 289 Å². The van der Waals surface area contributed by atoms with Crippen molar-refractivity contribution in [2.24, 2.45) is 0 Å².